The molecule has 3 heterocycles. The second-order valence-corrected chi connectivity index (χ2v) is 9.76. The molecule has 4 nitrogen and oxygen atoms in total. The van der Waals surface area contributed by atoms with Crippen LogP contribution in [0.15, 0.2) is 58.8 Å². The molecule has 0 spiro atoms. The van der Waals surface area contributed by atoms with E-state index in [4.69, 9.17) is 17.3 Å². The minimum absolute atomic E-state index is 0.0656. The van der Waals surface area contributed by atoms with Gasteiger partial charge in [0.1, 0.15) is 4.32 Å². The first-order valence-corrected chi connectivity index (χ1v) is 11.1. The Balaban J connectivity index is 1.52. The molecule has 0 atom stereocenters. The van der Waals surface area contributed by atoms with Crippen LogP contribution >= 0.6 is 46.7 Å². The van der Waals surface area contributed by atoms with Crippen LogP contribution in [-0.4, -0.2) is 26.2 Å². The molecule has 28 heavy (non-hydrogen) atoms. The third-order valence-electron chi connectivity index (χ3n) is 4.08. The van der Waals surface area contributed by atoms with Gasteiger partial charge in [0, 0.05) is 14.6 Å². The standard InChI is InChI=1S/C20H13NO3S4/c22-18-17(28-20(25)21(18)11-15-2-1-9-26-15)10-14-7-8-16(27-14)12-3-5-13(6-4-12)19(23)24/h1-10H,11H2,(H,23,24). The number of benzene rings is 1. The zero-order chi connectivity index (χ0) is 19.7. The van der Waals surface area contributed by atoms with Gasteiger partial charge in [-0.25, -0.2) is 4.79 Å². The zero-order valence-corrected chi connectivity index (χ0v) is 17.6. The first-order valence-electron chi connectivity index (χ1n) is 8.22. The Bertz CT molecular complexity index is 1080. The van der Waals surface area contributed by atoms with Crippen molar-refractivity contribution in [3.05, 3.63) is 74.1 Å². The van der Waals surface area contributed by atoms with Gasteiger partial charge >= 0.3 is 5.97 Å². The Hall–Kier alpha value is -2.26. The maximum atomic E-state index is 12.7. The average molecular weight is 444 g/mol. The lowest BCUT2D eigenvalue weighted by atomic mass is 10.1. The number of thioether (sulfide) groups is 1. The molecule has 0 bridgehead atoms. The lowest BCUT2D eigenvalue weighted by Crippen LogP contribution is -2.26. The van der Waals surface area contributed by atoms with Crippen LogP contribution in [0.4, 0.5) is 0 Å². The van der Waals surface area contributed by atoms with Crippen molar-refractivity contribution in [3.63, 3.8) is 0 Å². The maximum Gasteiger partial charge on any atom is 0.335 e. The number of carboxylic acid groups (broad SMARTS) is 1. The number of rotatable bonds is 5. The molecule has 1 aliphatic rings. The van der Waals surface area contributed by atoms with Crippen molar-refractivity contribution in [2.24, 2.45) is 0 Å². The van der Waals surface area contributed by atoms with Crippen molar-refractivity contribution in [3.8, 4) is 10.4 Å². The molecule has 1 aliphatic heterocycles. The van der Waals surface area contributed by atoms with Gasteiger partial charge in [0.05, 0.1) is 17.0 Å². The SMILES string of the molecule is O=C(O)c1ccc(-c2ccc(C=C3SC(=S)N(Cc4cccs4)C3=O)s2)cc1. The first-order chi connectivity index (χ1) is 13.5. The van der Waals surface area contributed by atoms with Gasteiger partial charge in [0.2, 0.25) is 0 Å². The molecular weight excluding hydrogens is 430 g/mol. The Morgan fingerprint density at radius 1 is 1.14 bits per heavy atom. The summed E-state index contributed by atoms with van der Waals surface area (Å²) < 4.78 is 0.575. The summed E-state index contributed by atoms with van der Waals surface area (Å²) in [6.07, 6.45) is 1.87. The van der Waals surface area contributed by atoms with Crippen LogP contribution in [0.3, 0.4) is 0 Å². The van der Waals surface area contributed by atoms with Crippen LogP contribution in [0.5, 0.6) is 0 Å². The molecule has 140 valence electrons. The van der Waals surface area contributed by atoms with Crippen molar-refractivity contribution < 1.29 is 14.7 Å². The maximum absolute atomic E-state index is 12.7. The fourth-order valence-corrected chi connectivity index (χ4v) is 5.66. The number of carbonyl (C=O) groups is 2. The molecule has 1 amide bonds. The molecule has 1 N–H and O–H groups in total. The predicted molar refractivity (Wildman–Crippen MR) is 120 cm³/mol. The summed E-state index contributed by atoms with van der Waals surface area (Å²) in [5, 5.41) is 11.0. The highest BCUT2D eigenvalue weighted by atomic mass is 32.2. The summed E-state index contributed by atoms with van der Waals surface area (Å²) >= 11 is 9.86. The summed E-state index contributed by atoms with van der Waals surface area (Å²) in [7, 11) is 0. The highest BCUT2D eigenvalue weighted by Crippen LogP contribution is 2.36. The van der Waals surface area contributed by atoms with Crippen molar-refractivity contribution in [2.75, 3.05) is 0 Å². The van der Waals surface area contributed by atoms with E-state index in [1.807, 2.05) is 35.7 Å². The van der Waals surface area contributed by atoms with E-state index in [1.54, 1.807) is 51.8 Å². The van der Waals surface area contributed by atoms with Crippen LogP contribution < -0.4 is 0 Å². The number of thiocarbonyl (C=S) groups is 1. The molecule has 4 rings (SSSR count). The van der Waals surface area contributed by atoms with Gasteiger partial charge in [0.15, 0.2) is 0 Å². The van der Waals surface area contributed by atoms with Crippen molar-refractivity contribution in [2.45, 2.75) is 6.54 Å². The van der Waals surface area contributed by atoms with Gasteiger partial charge in [0.25, 0.3) is 5.91 Å². The molecule has 8 heteroatoms. The van der Waals surface area contributed by atoms with E-state index < -0.39 is 5.97 Å². The fourth-order valence-electron chi connectivity index (χ4n) is 2.69. The predicted octanol–water partition coefficient (Wildman–Crippen LogP) is 5.58. The number of hydrogen-bond acceptors (Lipinski definition) is 6. The normalized spacial score (nSPS) is 15.6. The molecule has 0 radical (unpaired) electrons. The van der Waals surface area contributed by atoms with Crippen LogP contribution in [0.25, 0.3) is 16.5 Å². The van der Waals surface area contributed by atoms with Crippen LogP contribution in [0.2, 0.25) is 0 Å². The van der Waals surface area contributed by atoms with Crippen LogP contribution in [0, 0.1) is 0 Å². The summed E-state index contributed by atoms with van der Waals surface area (Å²) in [4.78, 5) is 29.0. The summed E-state index contributed by atoms with van der Waals surface area (Å²) in [6.45, 7) is 0.505. The summed E-state index contributed by atoms with van der Waals surface area (Å²) in [6, 6.07) is 14.6. The minimum Gasteiger partial charge on any atom is -0.478 e. The van der Waals surface area contributed by atoms with Gasteiger partial charge < -0.3 is 5.11 Å². The monoisotopic (exact) mass is 443 g/mol. The Morgan fingerprint density at radius 2 is 1.93 bits per heavy atom. The van der Waals surface area contributed by atoms with Gasteiger partial charge in [-0.05, 0) is 47.4 Å². The Morgan fingerprint density at radius 3 is 2.61 bits per heavy atom. The third-order valence-corrected chi connectivity index (χ3v) is 7.40. The lowest BCUT2D eigenvalue weighted by molar-refractivity contribution is -0.122. The third kappa shape index (κ3) is 3.95. The largest absolute Gasteiger partial charge is 0.478 e. The highest BCUT2D eigenvalue weighted by molar-refractivity contribution is 8.26. The molecule has 3 aromatic rings. The molecule has 1 fully saturated rings. The topological polar surface area (TPSA) is 57.6 Å². The molecule has 0 unspecified atom stereocenters. The van der Waals surface area contributed by atoms with E-state index in [1.165, 1.54) is 11.8 Å². The average Bonchev–Trinajstić information content (AvgIpc) is 3.41. The zero-order valence-electron chi connectivity index (χ0n) is 14.3. The van der Waals surface area contributed by atoms with Gasteiger partial charge in [-0.1, -0.05) is 42.2 Å². The van der Waals surface area contributed by atoms with Crippen LogP contribution in [0.1, 0.15) is 20.1 Å². The molecule has 0 saturated carbocycles. The lowest BCUT2D eigenvalue weighted by Gasteiger charge is -2.12. The van der Waals surface area contributed by atoms with Crippen molar-refractivity contribution >= 4 is 68.9 Å². The fraction of sp³-hybridized carbons (Fsp3) is 0.0500. The van der Waals surface area contributed by atoms with Gasteiger partial charge in [-0.15, -0.1) is 22.7 Å². The van der Waals surface area contributed by atoms with E-state index >= 15 is 0 Å². The van der Waals surface area contributed by atoms with Crippen molar-refractivity contribution in [1.29, 1.82) is 0 Å². The number of carbonyl (C=O) groups excluding carboxylic acids is 1. The Labute approximate surface area is 179 Å². The number of amides is 1. The highest BCUT2D eigenvalue weighted by Gasteiger charge is 2.32. The van der Waals surface area contributed by atoms with E-state index in [0.29, 0.717) is 15.8 Å². The van der Waals surface area contributed by atoms with E-state index in [2.05, 4.69) is 0 Å². The number of thiophene rings is 2. The molecule has 1 saturated heterocycles. The van der Waals surface area contributed by atoms with E-state index in [9.17, 15) is 9.59 Å². The number of nitrogens with zero attached hydrogens (tertiary/aromatic N) is 1. The van der Waals surface area contributed by atoms with Gasteiger partial charge in [-0.2, -0.15) is 0 Å². The second-order valence-electron chi connectivity index (χ2n) is 5.93. The van der Waals surface area contributed by atoms with E-state index in [0.717, 1.165) is 20.2 Å². The minimum atomic E-state index is -0.942. The van der Waals surface area contributed by atoms with E-state index in [-0.39, 0.29) is 11.5 Å². The number of hydrogen-bond donors (Lipinski definition) is 1. The second kappa shape index (κ2) is 8.00. The quantitative estimate of drug-likeness (QED) is 0.412. The van der Waals surface area contributed by atoms with Gasteiger partial charge in [-0.3, -0.25) is 9.69 Å². The Kier molecular flexibility index (Phi) is 5.45. The molecule has 0 aliphatic carbocycles. The first kappa shape index (κ1) is 19.1. The number of aromatic carboxylic acids is 1. The molecule has 2 aromatic heterocycles. The molecular formula is C20H13NO3S4. The molecule has 1 aromatic carbocycles. The number of carboxylic acids is 1. The smallest absolute Gasteiger partial charge is 0.335 e. The van der Waals surface area contributed by atoms with Crippen molar-refractivity contribution in [1.82, 2.24) is 4.90 Å². The summed E-state index contributed by atoms with van der Waals surface area (Å²) in [5.41, 5.74) is 1.20. The summed E-state index contributed by atoms with van der Waals surface area (Å²) in [5.74, 6) is -1.01. The van der Waals surface area contributed by atoms with Crippen LogP contribution in [-0.2, 0) is 11.3 Å².